The number of nitrogens with one attached hydrogen (secondary N) is 1. The first kappa shape index (κ1) is 10.8. The average molecular weight is 211 g/mol. The Morgan fingerprint density at radius 1 is 1.36 bits per heavy atom. The molecule has 3 nitrogen and oxygen atoms in total. The van der Waals surface area contributed by atoms with Crippen LogP contribution in [-0.2, 0) is 10.0 Å². The maximum Gasteiger partial charge on any atom is 0.254 e. The van der Waals surface area contributed by atoms with Crippen molar-refractivity contribution in [1.29, 1.82) is 0 Å². The molecule has 0 saturated heterocycles. The molecule has 0 amide bonds. The van der Waals surface area contributed by atoms with Gasteiger partial charge in [0.15, 0.2) is 0 Å². The minimum atomic E-state index is -3.33. The van der Waals surface area contributed by atoms with Crippen molar-refractivity contribution >= 4 is 15.7 Å². The van der Waals surface area contributed by atoms with Crippen LogP contribution in [0.3, 0.4) is 0 Å². The van der Waals surface area contributed by atoms with Crippen molar-refractivity contribution in [2.24, 2.45) is 0 Å². The van der Waals surface area contributed by atoms with Crippen LogP contribution < -0.4 is 4.72 Å². The second-order valence-corrected chi connectivity index (χ2v) is 4.55. The van der Waals surface area contributed by atoms with Gasteiger partial charge in [0.05, 0.1) is 0 Å². The van der Waals surface area contributed by atoms with Crippen molar-refractivity contribution in [2.75, 3.05) is 4.72 Å². The summed E-state index contributed by atoms with van der Waals surface area (Å²) < 4.78 is 25.1. The van der Waals surface area contributed by atoms with E-state index in [0.29, 0.717) is 5.69 Å². The van der Waals surface area contributed by atoms with Gasteiger partial charge < -0.3 is 0 Å². The summed E-state index contributed by atoms with van der Waals surface area (Å²) in [5.41, 5.74) is 1.61. The molecule has 0 spiro atoms. The molecule has 0 aliphatic heterocycles. The number of hydrogen-bond acceptors (Lipinski definition) is 2. The van der Waals surface area contributed by atoms with Gasteiger partial charge in [0.2, 0.25) is 0 Å². The van der Waals surface area contributed by atoms with Crippen LogP contribution in [0.15, 0.2) is 35.7 Å². The van der Waals surface area contributed by atoms with E-state index in [1.807, 2.05) is 19.1 Å². The molecule has 0 saturated carbocycles. The Labute approximate surface area is 84.5 Å². The van der Waals surface area contributed by atoms with E-state index in [2.05, 4.69) is 4.72 Å². The quantitative estimate of drug-likeness (QED) is 0.833. The van der Waals surface area contributed by atoms with Gasteiger partial charge in [-0.3, -0.25) is 4.72 Å². The van der Waals surface area contributed by atoms with E-state index in [0.717, 1.165) is 11.0 Å². The molecule has 0 unspecified atom stereocenters. The van der Waals surface area contributed by atoms with Crippen molar-refractivity contribution in [3.05, 3.63) is 41.3 Å². The summed E-state index contributed by atoms with van der Waals surface area (Å²) in [5.74, 6) is 0. The molecule has 0 aromatic heterocycles. The zero-order valence-electron chi connectivity index (χ0n) is 8.19. The number of rotatable bonds is 3. The highest BCUT2D eigenvalue weighted by Crippen LogP contribution is 2.11. The molecule has 1 aromatic rings. The van der Waals surface area contributed by atoms with E-state index in [-0.39, 0.29) is 0 Å². The molecule has 1 rings (SSSR count). The Morgan fingerprint density at radius 3 is 2.64 bits per heavy atom. The second-order valence-electron chi connectivity index (χ2n) is 2.99. The molecule has 0 heterocycles. The fraction of sp³-hybridized carbons (Fsp3) is 0.200. The molecule has 4 heteroatoms. The lowest BCUT2D eigenvalue weighted by atomic mass is 10.2. The van der Waals surface area contributed by atoms with Crippen LogP contribution in [-0.4, -0.2) is 8.42 Å². The van der Waals surface area contributed by atoms with Crippen molar-refractivity contribution < 1.29 is 8.42 Å². The smallest absolute Gasteiger partial charge is 0.254 e. The number of sulfonamides is 1. The summed E-state index contributed by atoms with van der Waals surface area (Å²) in [6, 6.07) is 7.21. The lowest BCUT2D eigenvalue weighted by Crippen LogP contribution is -2.08. The monoisotopic (exact) mass is 211 g/mol. The van der Waals surface area contributed by atoms with Gasteiger partial charge in [-0.1, -0.05) is 18.2 Å². The molecule has 0 aliphatic carbocycles. The topological polar surface area (TPSA) is 46.2 Å². The van der Waals surface area contributed by atoms with Gasteiger partial charge in [-0.25, -0.2) is 8.42 Å². The van der Waals surface area contributed by atoms with Crippen LogP contribution in [0.2, 0.25) is 0 Å². The fourth-order valence-corrected chi connectivity index (χ4v) is 1.97. The lowest BCUT2D eigenvalue weighted by molar-refractivity contribution is 0.609. The fourth-order valence-electron chi connectivity index (χ4n) is 1.09. The van der Waals surface area contributed by atoms with Gasteiger partial charge in [-0.15, -0.1) is 0 Å². The first-order chi connectivity index (χ1) is 6.53. The highest BCUT2D eigenvalue weighted by Gasteiger charge is 2.03. The van der Waals surface area contributed by atoms with Crippen LogP contribution in [0.4, 0.5) is 5.69 Å². The predicted octanol–water partition coefficient (Wildman–Crippen LogP) is 2.27. The second kappa shape index (κ2) is 4.28. The van der Waals surface area contributed by atoms with Gasteiger partial charge in [-0.05, 0) is 31.5 Å². The maximum atomic E-state index is 11.3. The summed E-state index contributed by atoms with van der Waals surface area (Å²) >= 11 is 0. The SMILES string of the molecule is C/C=C/S(=O)(=O)Nc1cccc(C)c1. The summed E-state index contributed by atoms with van der Waals surface area (Å²) in [7, 11) is -3.33. The molecule has 0 aliphatic rings. The van der Waals surface area contributed by atoms with Crippen LogP contribution in [0.5, 0.6) is 0 Å². The molecule has 14 heavy (non-hydrogen) atoms. The van der Waals surface area contributed by atoms with Crippen molar-refractivity contribution in [3.63, 3.8) is 0 Å². The van der Waals surface area contributed by atoms with Crippen LogP contribution in [0.25, 0.3) is 0 Å². The zero-order chi connectivity index (χ0) is 10.6. The number of anilines is 1. The normalized spacial score (nSPS) is 11.9. The molecule has 1 N–H and O–H groups in total. The molecular formula is C10H13NO2S. The Balaban J connectivity index is 2.89. The van der Waals surface area contributed by atoms with Gasteiger partial charge in [0.25, 0.3) is 10.0 Å². The van der Waals surface area contributed by atoms with Crippen LogP contribution in [0, 0.1) is 6.92 Å². The van der Waals surface area contributed by atoms with E-state index in [4.69, 9.17) is 0 Å². The van der Waals surface area contributed by atoms with E-state index in [9.17, 15) is 8.42 Å². The van der Waals surface area contributed by atoms with Gasteiger partial charge in [-0.2, -0.15) is 0 Å². The highest BCUT2D eigenvalue weighted by atomic mass is 32.2. The van der Waals surface area contributed by atoms with E-state index < -0.39 is 10.0 Å². The molecule has 1 aromatic carbocycles. The summed E-state index contributed by atoms with van der Waals surface area (Å²) in [6.45, 7) is 3.57. The first-order valence-electron chi connectivity index (χ1n) is 4.26. The number of benzene rings is 1. The summed E-state index contributed by atoms with van der Waals surface area (Å²) in [5, 5.41) is 1.13. The van der Waals surface area contributed by atoms with Gasteiger partial charge >= 0.3 is 0 Å². The third-order valence-electron chi connectivity index (χ3n) is 1.59. The molecule has 76 valence electrons. The lowest BCUT2D eigenvalue weighted by Gasteiger charge is -2.04. The Bertz CT molecular complexity index is 435. The van der Waals surface area contributed by atoms with E-state index in [1.165, 1.54) is 6.08 Å². The summed E-state index contributed by atoms with van der Waals surface area (Å²) in [6.07, 6.45) is 1.48. The Kier molecular flexibility index (Phi) is 3.30. The largest absolute Gasteiger partial charge is 0.280 e. The maximum absolute atomic E-state index is 11.3. The van der Waals surface area contributed by atoms with Crippen LogP contribution >= 0.6 is 0 Å². The van der Waals surface area contributed by atoms with Crippen molar-refractivity contribution in [2.45, 2.75) is 13.8 Å². The third-order valence-corrected chi connectivity index (χ3v) is 2.74. The standard InChI is InChI=1S/C10H13NO2S/c1-3-7-14(12,13)11-10-6-4-5-9(2)8-10/h3-8,11H,1-2H3/b7-3+. The first-order valence-corrected chi connectivity index (χ1v) is 5.80. The Hall–Kier alpha value is -1.29. The highest BCUT2D eigenvalue weighted by molar-refractivity contribution is 7.95. The summed E-state index contributed by atoms with van der Waals surface area (Å²) in [4.78, 5) is 0. The van der Waals surface area contributed by atoms with Crippen molar-refractivity contribution in [1.82, 2.24) is 0 Å². The van der Waals surface area contributed by atoms with E-state index in [1.54, 1.807) is 19.1 Å². The molecular weight excluding hydrogens is 198 g/mol. The Morgan fingerprint density at radius 2 is 2.07 bits per heavy atom. The molecule has 0 atom stereocenters. The number of hydrogen-bond donors (Lipinski definition) is 1. The predicted molar refractivity (Wildman–Crippen MR) is 58.5 cm³/mol. The van der Waals surface area contributed by atoms with Crippen molar-refractivity contribution in [3.8, 4) is 0 Å². The molecule has 0 bridgehead atoms. The zero-order valence-corrected chi connectivity index (χ0v) is 9.01. The van der Waals surface area contributed by atoms with Crippen LogP contribution in [0.1, 0.15) is 12.5 Å². The molecule has 0 fully saturated rings. The number of allylic oxidation sites excluding steroid dienone is 1. The minimum Gasteiger partial charge on any atom is -0.280 e. The number of aryl methyl sites for hydroxylation is 1. The van der Waals surface area contributed by atoms with Gasteiger partial charge in [0, 0.05) is 11.1 Å². The average Bonchev–Trinajstić information content (AvgIpc) is 2.02. The van der Waals surface area contributed by atoms with E-state index >= 15 is 0 Å². The van der Waals surface area contributed by atoms with Gasteiger partial charge in [0.1, 0.15) is 0 Å². The molecule has 0 radical (unpaired) electrons. The third kappa shape index (κ3) is 3.22. The minimum absolute atomic E-state index is 0.586.